The van der Waals surface area contributed by atoms with Crippen molar-refractivity contribution in [1.29, 1.82) is 5.26 Å². The Morgan fingerprint density at radius 1 is 1.14 bits per heavy atom. The van der Waals surface area contributed by atoms with Crippen LogP contribution in [0.25, 0.3) is 17.0 Å². The highest BCUT2D eigenvalue weighted by molar-refractivity contribution is 5.96. The lowest BCUT2D eigenvalue weighted by molar-refractivity contribution is 0.240. The fraction of sp³-hybridized carbons (Fsp3) is 0.179. The van der Waals surface area contributed by atoms with E-state index in [1.165, 1.54) is 24.4 Å². The van der Waals surface area contributed by atoms with Gasteiger partial charge in [0.1, 0.15) is 11.6 Å². The van der Waals surface area contributed by atoms with Crippen LogP contribution in [0.5, 0.6) is 0 Å². The molecule has 1 amide bonds. The van der Waals surface area contributed by atoms with E-state index in [1.807, 2.05) is 6.08 Å². The highest BCUT2D eigenvalue weighted by atomic mass is 19.1. The van der Waals surface area contributed by atoms with Gasteiger partial charge in [0.2, 0.25) is 5.95 Å². The Kier molecular flexibility index (Phi) is 6.75. The molecule has 0 atom stereocenters. The first-order valence-corrected chi connectivity index (χ1v) is 11.7. The molecule has 9 heteroatoms. The number of benzene rings is 2. The Labute approximate surface area is 211 Å². The molecule has 3 heterocycles. The number of fused-ring (bicyclic) bond motifs is 3. The monoisotopic (exact) mass is 501 g/mol. The molecule has 0 radical (unpaired) electrons. The fourth-order valence-corrected chi connectivity index (χ4v) is 4.65. The number of hydrogen-bond donors (Lipinski definition) is 1. The number of aromatic nitrogens is 2. The molecule has 0 aliphatic carbocycles. The first kappa shape index (κ1) is 24.3. The summed E-state index contributed by atoms with van der Waals surface area (Å²) < 4.78 is 42.1. The lowest BCUT2D eigenvalue weighted by atomic mass is 10.0. The molecule has 0 saturated carbocycles. The lowest BCUT2D eigenvalue weighted by Crippen LogP contribution is -2.34. The van der Waals surface area contributed by atoms with Crippen molar-refractivity contribution < 1.29 is 18.0 Å². The second-order valence-electron chi connectivity index (χ2n) is 8.80. The molecule has 0 unspecified atom stereocenters. The SMILES string of the molecule is N#Cc1ccc2c(c1)c1c(n2C(=O)NCc2ccnc(F)c2)CCN(C/C=C/c2ccc(F)cc2F)C1. The zero-order chi connectivity index (χ0) is 25.9. The van der Waals surface area contributed by atoms with Gasteiger partial charge in [0.05, 0.1) is 17.1 Å². The van der Waals surface area contributed by atoms with Gasteiger partial charge in [-0.25, -0.2) is 18.6 Å². The number of carbonyl (C=O) groups is 1. The van der Waals surface area contributed by atoms with Crippen molar-refractivity contribution in [1.82, 2.24) is 19.8 Å². The number of halogens is 3. The third kappa shape index (κ3) is 5.10. The standard InChI is InChI=1S/C28H22F3N5O/c29-21-5-4-20(24(30)14-21)2-1-10-35-11-8-26-23(17-35)22-12-18(15-32)3-6-25(22)36(26)28(37)34-16-19-7-9-33-27(31)13-19/h1-7,9,12-14H,8,10-11,16-17H2,(H,34,37)/b2-1+. The maximum atomic E-state index is 13.9. The zero-order valence-electron chi connectivity index (χ0n) is 19.7. The molecular weight excluding hydrogens is 479 g/mol. The van der Waals surface area contributed by atoms with E-state index in [1.54, 1.807) is 34.9 Å². The van der Waals surface area contributed by atoms with Crippen molar-refractivity contribution in [2.75, 3.05) is 13.1 Å². The number of pyridine rings is 1. The molecule has 2 aromatic heterocycles. The molecular formula is C28H22F3N5O. The average molecular weight is 502 g/mol. The summed E-state index contributed by atoms with van der Waals surface area (Å²) in [7, 11) is 0. The molecule has 0 bridgehead atoms. The molecule has 0 spiro atoms. The lowest BCUT2D eigenvalue weighted by Gasteiger charge is -2.27. The third-order valence-electron chi connectivity index (χ3n) is 6.42. The molecule has 5 rings (SSSR count). The van der Waals surface area contributed by atoms with E-state index in [0.29, 0.717) is 48.3 Å². The van der Waals surface area contributed by atoms with E-state index < -0.39 is 17.6 Å². The van der Waals surface area contributed by atoms with Gasteiger partial charge in [0.15, 0.2) is 0 Å². The summed E-state index contributed by atoms with van der Waals surface area (Å²) in [6.45, 7) is 1.86. The van der Waals surface area contributed by atoms with Gasteiger partial charge in [-0.15, -0.1) is 0 Å². The number of nitriles is 1. The van der Waals surface area contributed by atoms with Crippen molar-refractivity contribution in [3.63, 3.8) is 0 Å². The normalized spacial score (nSPS) is 13.6. The Bertz CT molecular complexity index is 1570. The molecule has 0 fully saturated rings. The topological polar surface area (TPSA) is 74.0 Å². The second kappa shape index (κ2) is 10.3. The van der Waals surface area contributed by atoms with Gasteiger partial charge in [-0.1, -0.05) is 12.2 Å². The second-order valence-corrected chi connectivity index (χ2v) is 8.80. The number of carbonyl (C=O) groups excluding carboxylic acids is 1. The van der Waals surface area contributed by atoms with Gasteiger partial charge < -0.3 is 5.32 Å². The van der Waals surface area contributed by atoms with Gasteiger partial charge in [0, 0.05) is 61.5 Å². The predicted octanol–water partition coefficient (Wildman–Crippen LogP) is 5.15. The van der Waals surface area contributed by atoms with Crippen molar-refractivity contribution in [3.05, 3.63) is 106 Å². The summed E-state index contributed by atoms with van der Waals surface area (Å²) >= 11 is 0. The molecule has 4 aromatic rings. The first-order chi connectivity index (χ1) is 17.9. The van der Waals surface area contributed by atoms with Crippen LogP contribution in [0.3, 0.4) is 0 Å². The van der Waals surface area contributed by atoms with Crippen LogP contribution in [0, 0.1) is 28.9 Å². The quantitative estimate of drug-likeness (QED) is 0.384. The van der Waals surface area contributed by atoms with E-state index >= 15 is 0 Å². The molecule has 186 valence electrons. The summed E-state index contributed by atoms with van der Waals surface area (Å²) in [5, 5.41) is 13.1. The number of rotatable bonds is 5. The summed E-state index contributed by atoms with van der Waals surface area (Å²) in [5.74, 6) is -1.86. The Hall–Kier alpha value is -4.42. The largest absolute Gasteiger partial charge is 0.333 e. The summed E-state index contributed by atoms with van der Waals surface area (Å²) in [6.07, 6.45) is 5.38. The minimum atomic E-state index is -0.622. The van der Waals surface area contributed by atoms with E-state index in [2.05, 4.69) is 21.3 Å². The van der Waals surface area contributed by atoms with Crippen LogP contribution in [-0.2, 0) is 19.5 Å². The van der Waals surface area contributed by atoms with Crippen LogP contribution in [-0.4, -0.2) is 33.6 Å². The van der Waals surface area contributed by atoms with Gasteiger partial charge in [-0.2, -0.15) is 9.65 Å². The van der Waals surface area contributed by atoms with E-state index in [0.717, 1.165) is 22.7 Å². The van der Waals surface area contributed by atoms with E-state index in [9.17, 15) is 23.2 Å². The van der Waals surface area contributed by atoms with Crippen LogP contribution < -0.4 is 5.32 Å². The summed E-state index contributed by atoms with van der Waals surface area (Å²) in [5.41, 5.74) is 3.88. The smallest absolute Gasteiger partial charge is 0.326 e. The van der Waals surface area contributed by atoms with Gasteiger partial charge in [-0.05, 0) is 53.6 Å². The molecule has 0 saturated heterocycles. The number of amides is 1. The number of nitrogens with zero attached hydrogens (tertiary/aromatic N) is 4. The van der Waals surface area contributed by atoms with E-state index in [-0.39, 0.29) is 12.6 Å². The summed E-state index contributed by atoms with van der Waals surface area (Å²) in [4.78, 5) is 18.9. The van der Waals surface area contributed by atoms with Gasteiger partial charge in [-0.3, -0.25) is 9.47 Å². The van der Waals surface area contributed by atoms with E-state index in [4.69, 9.17) is 0 Å². The Morgan fingerprint density at radius 2 is 2.00 bits per heavy atom. The van der Waals surface area contributed by atoms with Crippen LogP contribution in [0.2, 0.25) is 0 Å². The molecule has 37 heavy (non-hydrogen) atoms. The zero-order valence-corrected chi connectivity index (χ0v) is 19.7. The fourth-order valence-electron chi connectivity index (χ4n) is 4.65. The first-order valence-electron chi connectivity index (χ1n) is 11.7. The van der Waals surface area contributed by atoms with Crippen molar-refractivity contribution in [2.45, 2.75) is 19.5 Å². The molecule has 6 nitrogen and oxygen atoms in total. The predicted molar refractivity (Wildman–Crippen MR) is 133 cm³/mol. The minimum absolute atomic E-state index is 0.139. The molecule has 1 N–H and O–H groups in total. The van der Waals surface area contributed by atoms with Crippen LogP contribution in [0.4, 0.5) is 18.0 Å². The van der Waals surface area contributed by atoms with Gasteiger partial charge in [0.25, 0.3) is 0 Å². The third-order valence-corrected chi connectivity index (χ3v) is 6.42. The highest BCUT2D eigenvalue weighted by Gasteiger charge is 2.26. The molecule has 2 aromatic carbocycles. The van der Waals surface area contributed by atoms with Crippen molar-refractivity contribution in [3.8, 4) is 6.07 Å². The maximum Gasteiger partial charge on any atom is 0.326 e. The Morgan fingerprint density at radius 3 is 2.78 bits per heavy atom. The van der Waals surface area contributed by atoms with Crippen LogP contribution in [0.15, 0.2) is 60.8 Å². The highest BCUT2D eigenvalue weighted by Crippen LogP contribution is 2.31. The molecule has 1 aliphatic rings. The minimum Gasteiger partial charge on any atom is -0.333 e. The number of hydrogen-bond acceptors (Lipinski definition) is 4. The van der Waals surface area contributed by atoms with Crippen molar-refractivity contribution in [2.24, 2.45) is 0 Å². The van der Waals surface area contributed by atoms with Gasteiger partial charge >= 0.3 is 6.03 Å². The average Bonchev–Trinajstić information content (AvgIpc) is 3.21. The summed E-state index contributed by atoms with van der Waals surface area (Å²) in [6, 6.07) is 13.4. The van der Waals surface area contributed by atoms with Crippen molar-refractivity contribution >= 4 is 23.0 Å². The Balaban J connectivity index is 1.39. The van der Waals surface area contributed by atoms with Crippen LogP contribution >= 0.6 is 0 Å². The molecule has 1 aliphatic heterocycles. The maximum absolute atomic E-state index is 13.9. The van der Waals surface area contributed by atoms with Crippen LogP contribution in [0.1, 0.15) is 27.9 Å². The number of nitrogens with one attached hydrogen (secondary N) is 1.